The summed E-state index contributed by atoms with van der Waals surface area (Å²) in [6.45, 7) is 1.95. The van der Waals surface area contributed by atoms with E-state index in [1.807, 2.05) is 6.92 Å². The molecule has 0 amide bonds. The van der Waals surface area contributed by atoms with Gasteiger partial charge < -0.3 is 0 Å². The summed E-state index contributed by atoms with van der Waals surface area (Å²) in [6, 6.07) is 2.95. The van der Waals surface area contributed by atoms with Crippen LogP contribution in [-0.4, -0.2) is 10.2 Å². The van der Waals surface area contributed by atoms with Gasteiger partial charge in [-0.2, -0.15) is 5.10 Å². The number of nitrogens with zero attached hydrogens (tertiary/aromatic N) is 1. The summed E-state index contributed by atoms with van der Waals surface area (Å²) in [6.07, 6.45) is 0.731. The number of aromatic amines is 1. The van der Waals surface area contributed by atoms with Gasteiger partial charge in [-0.1, -0.05) is 18.5 Å². The number of rotatable bonds is 1. The Bertz CT molecular complexity index is 450. The molecule has 0 aliphatic heterocycles. The molecule has 0 radical (unpaired) electrons. The highest BCUT2D eigenvalue weighted by molar-refractivity contribution is 6.31. The summed E-state index contributed by atoms with van der Waals surface area (Å²) in [5.41, 5.74) is 1.39. The topological polar surface area (TPSA) is 28.7 Å². The third-order valence-corrected chi connectivity index (χ3v) is 2.22. The zero-order valence-corrected chi connectivity index (χ0v) is 7.82. The zero-order valence-electron chi connectivity index (χ0n) is 7.06. The van der Waals surface area contributed by atoms with Crippen molar-refractivity contribution in [2.75, 3.05) is 0 Å². The summed E-state index contributed by atoms with van der Waals surface area (Å²) in [5, 5.41) is 7.67. The molecule has 0 saturated carbocycles. The standard InChI is InChI=1S/C9H8ClFN2/c1-2-7-9-6(11)3-5(10)4-8(9)13-12-7/h3-4H,2H2,1H3,(H,12,13). The van der Waals surface area contributed by atoms with Crippen LogP contribution in [0.5, 0.6) is 0 Å². The van der Waals surface area contributed by atoms with Crippen molar-refractivity contribution in [2.24, 2.45) is 0 Å². The molecule has 2 aromatic rings. The van der Waals surface area contributed by atoms with Crippen LogP contribution in [0.3, 0.4) is 0 Å². The number of fused-ring (bicyclic) bond motifs is 1. The lowest BCUT2D eigenvalue weighted by atomic mass is 10.2. The molecule has 0 atom stereocenters. The maximum atomic E-state index is 13.4. The SMILES string of the molecule is CCc1[nH]nc2cc(Cl)cc(F)c12. The molecule has 1 aromatic carbocycles. The van der Waals surface area contributed by atoms with Crippen LogP contribution in [-0.2, 0) is 6.42 Å². The van der Waals surface area contributed by atoms with Gasteiger partial charge in [0.2, 0.25) is 0 Å². The number of nitrogens with one attached hydrogen (secondary N) is 1. The zero-order chi connectivity index (χ0) is 9.42. The minimum Gasteiger partial charge on any atom is -0.281 e. The third kappa shape index (κ3) is 1.29. The molecule has 1 aromatic heterocycles. The van der Waals surface area contributed by atoms with Crippen LogP contribution in [0.25, 0.3) is 10.9 Å². The van der Waals surface area contributed by atoms with Gasteiger partial charge in [0.05, 0.1) is 10.9 Å². The largest absolute Gasteiger partial charge is 0.281 e. The van der Waals surface area contributed by atoms with Gasteiger partial charge in [-0.3, -0.25) is 5.10 Å². The van der Waals surface area contributed by atoms with Crippen molar-refractivity contribution < 1.29 is 4.39 Å². The Labute approximate surface area is 79.7 Å². The average Bonchev–Trinajstić information content (AvgIpc) is 2.47. The number of aromatic nitrogens is 2. The molecule has 0 aliphatic rings. The van der Waals surface area contributed by atoms with Crippen molar-refractivity contribution in [3.8, 4) is 0 Å². The molecule has 4 heteroatoms. The smallest absolute Gasteiger partial charge is 0.135 e. The van der Waals surface area contributed by atoms with Crippen molar-refractivity contribution in [2.45, 2.75) is 13.3 Å². The lowest BCUT2D eigenvalue weighted by Crippen LogP contribution is -1.83. The summed E-state index contributed by atoms with van der Waals surface area (Å²) in [7, 11) is 0. The third-order valence-electron chi connectivity index (χ3n) is 2.00. The van der Waals surface area contributed by atoms with Crippen molar-refractivity contribution in [1.29, 1.82) is 0 Å². The Morgan fingerprint density at radius 3 is 3.00 bits per heavy atom. The van der Waals surface area contributed by atoms with E-state index in [-0.39, 0.29) is 5.82 Å². The molecule has 0 spiro atoms. The fourth-order valence-corrected chi connectivity index (χ4v) is 1.59. The predicted molar refractivity (Wildman–Crippen MR) is 50.4 cm³/mol. The van der Waals surface area contributed by atoms with Gasteiger partial charge in [-0.05, 0) is 18.6 Å². The van der Waals surface area contributed by atoms with Crippen LogP contribution in [0.1, 0.15) is 12.6 Å². The number of hydrogen-bond acceptors (Lipinski definition) is 1. The van der Waals surface area contributed by atoms with Crippen LogP contribution >= 0.6 is 11.6 Å². The lowest BCUT2D eigenvalue weighted by molar-refractivity contribution is 0.639. The van der Waals surface area contributed by atoms with Gasteiger partial charge in [0.25, 0.3) is 0 Å². The molecule has 0 unspecified atom stereocenters. The monoisotopic (exact) mass is 198 g/mol. The van der Waals surface area contributed by atoms with Gasteiger partial charge in [0, 0.05) is 10.7 Å². The van der Waals surface area contributed by atoms with Crippen molar-refractivity contribution in [1.82, 2.24) is 10.2 Å². The van der Waals surface area contributed by atoms with E-state index in [9.17, 15) is 4.39 Å². The second-order valence-corrected chi connectivity index (χ2v) is 3.27. The first-order valence-electron chi connectivity index (χ1n) is 4.04. The summed E-state index contributed by atoms with van der Waals surface area (Å²) in [4.78, 5) is 0. The maximum Gasteiger partial charge on any atom is 0.135 e. The predicted octanol–water partition coefficient (Wildman–Crippen LogP) is 2.92. The first-order valence-corrected chi connectivity index (χ1v) is 4.42. The molecule has 0 bridgehead atoms. The van der Waals surface area contributed by atoms with Crippen LogP contribution in [0.15, 0.2) is 12.1 Å². The van der Waals surface area contributed by atoms with E-state index >= 15 is 0 Å². The maximum absolute atomic E-state index is 13.4. The minimum absolute atomic E-state index is 0.312. The molecule has 2 rings (SSSR count). The van der Waals surface area contributed by atoms with E-state index in [0.29, 0.717) is 15.9 Å². The number of H-pyrrole nitrogens is 1. The number of aryl methyl sites for hydroxylation is 1. The molecular formula is C9H8ClFN2. The van der Waals surface area contributed by atoms with Gasteiger partial charge in [-0.25, -0.2) is 4.39 Å². The normalized spacial score (nSPS) is 11.0. The molecule has 1 N–H and O–H groups in total. The Morgan fingerprint density at radius 2 is 2.31 bits per heavy atom. The molecular weight excluding hydrogens is 191 g/mol. The highest BCUT2D eigenvalue weighted by Gasteiger charge is 2.09. The Kier molecular flexibility index (Phi) is 1.96. The van der Waals surface area contributed by atoms with Gasteiger partial charge >= 0.3 is 0 Å². The van der Waals surface area contributed by atoms with E-state index in [0.717, 1.165) is 12.1 Å². The van der Waals surface area contributed by atoms with E-state index in [1.54, 1.807) is 6.07 Å². The molecule has 0 aliphatic carbocycles. The Hall–Kier alpha value is -1.09. The lowest BCUT2D eigenvalue weighted by Gasteiger charge is -1.95. The van der Waals surface area contributed by atoms with Crippen LogP contribution in [0, 0.1) is 5.82 Å². The highest BCUT2D eigenvalue weighted by atomic mass is 35.5. The fourth-order valence-electron chi connectivity index (χ4n) is 1.39. The molecule has 1 heterocycles. The van der Waals surface area contributed by atoms with Crippen molar-refractivity contribution in [3.05, 3.63) is 28.7 Å². The molecule has 0 saturated heterocycles. The van der Waals surface area contributed by atoms with Gasteiger partial charge in [0.15, 0.2) is 0 Å². The molecule has 13 heavy (non-hydrogen) atoms. The van der Waals surface area contributed by atoms with Crippen LogP contribution in [0.2, 0.25) is 5.02 Å². The number of hydrogen-bond donors (Lipinski definition) is 1. The molecule has 0 fully saturated rings. The first-order chi connectivity index (χ1) is 6.22. The fraction of sp³-hybridized carbons (Fsp3) is 0.222. The van der Waals surface area contributed by atoms with Crippen LogP contribution in [0.4, 0.5) is 4.39 Å². The Balaban J connectivity index is 2.82. The second kappa shape index (κ2) is 3.00. The van der Waals surface area contributed by atoms with Crippen LogP contribution < -0.4 is 0 Å². The highest BCUT2D eigenvalue weighted by Crippen LogP contribution is 2.24. The quantitative estimate of drug-likeness (QED) is 0.750. The van der Waals surface area contributed by atoms with Gasteiger partial charge in [-0.15, -0.1) is 0 Å². The summed E-state index contributed by atoms with van der Waals surface area (Å²) >= 11 is 5.68. The first kappa shape index (κ1) is 8.51. The van der Waals surface area contributed by atoms with Crippen molar-refractivity contribution in [3.63, 3.8) is 0 Å². The number of halogens is 2. The van der Waals surface area contributed by atoms with E-state index in [1.165, 1.54) is 6.07 Å². The molecule has 2 nitrogen and oxygen atoms in total. The summed E-state index contributed by atoms with van der Waals surface area (Å²) in [5.74, 6) is -0.312. The number of benzene rings is 1. The van der Waals surface area contributed by atoms with Crippen molar-refractivity contribution >= 4 is 22.5 Å². The average molecular weight is 199 g/mol. The Morgan fingerprint density at radius 1 is 1.54 bits per heavy atom. The second-order valence-electron chi connectivity index (χ2n) is 2.84. The van der Waals surface area contributed by atoms with E-state index in [4.69, 9.17) is 11.6 Å². The van der Waals surface area contributed by atoms with E-state index < -0.39 is 0 Å². The van der Waals surface area contributed by atoms with E-state index in [2.05, 4.69) is 10.2 Å². The minimum atomic E-state index is -0.312. The summed E-state index contributed by atoms with van der Waals surface area (Å²) < 4.78 is 13.4. The molecule has 68 valence electrons. The van der Waals surface area contributed by atoms with Gasteiger partial charge in [0.1, 0.15) is 5.82 Å².